The Hall–Kier alpha value is -3.91. The van der Waals surface area contributed by atoms with Crippen molar-refractivity contribution >= 4 is 57.4 Å². The Morgan fingerprint density at radius 2 is 2.22 bits per heavy atom. The zero-order valence-electron chi connectivity index (χ0n) is 19.0. The maximum atomic E-state index is 13.1. The third-order valence-electron chi connectivity index (χ3n) is 5.73. The molecule has 0 radical (unpaired) electrons. The minimum Gasteiger partial charge on any atom is -0.477 e. The summed E-state index contributed by atoms with van der Waals surface area (Å²) in [6, 6.07) is 4.82. The average Bonchev–Trinajstić information content (AvgIpc) is 3.48. The van der Waals surface area contributed by atoms with Gasteiger partial charge in [0.15, 0.2) is 10.8 Å². The van der Waals surface area contributed by atoms with E-state index in [0.717, 1.165) is 17.0 Å². The highest BCUT2D eigenvalue weighted by atomic mass is 32.2. The zero-order valence-corrected chi connectivity index (χ0v) is 20.7. The van der Waals surface area contributed by atoms with Crippen molar-refractivity contribution < 1.29 is 28.9 Å². The van der Waals surface area contributed by atoms with Gasteiger partial charge in [-0.25, -0.2) is 18.7 Å². The Labute approximate surface area is 213 Å². The second-order valence-corrected chi connectivity index (χ2v) is 9.93. The summed E-state index contributed by atoms with van der Waals surface area (Å²) in [5, 5.41) is 17.8. The Bertz CT molecular complexity index is 1430. The first-order valence-corrected chi connectivity index (χ1v) is 12.9. The highest BCUT2D eigenvalue weighted by molar-refractivity contribution is 8.00. The second-order valence-electron chi connectivity index (χ2n) is 7.94. The van der Waals surface area contributed by atoms with E-state index in [9.17, 15) is 19.5 Å². The number of thioether (sulfide) groups is 1. The van der Waals surface area contributed by atoms with E-state index in [1.165, 1.54) is 16.7 Å². The van der Waals surface area contributed by atoms with E-state index in [-0.39, 0.29) is 28.8 Å². The zero-order chi connectivity index (χ0) is 25.4. The fraction of sp³-hybridized carbons (Fsp3) is 0.273. The number of β-lactam (4-membered cyclic amide) rings is 1. The number of imidazole rings is 1. The molecule has 4 N–H and O–H groups in total. The first-order chi connectivity index (χ1) is 17.4. The van der Waals surface area contributed by atoms with Gasteiger partial charge in [0.1, 0.15) is 48.4 Å². The van der Waals surface area contributed by atoms with Gasteiger partial charge in [-0.15, -0.1) is 23.1 Å². The monoisotopic (exact) mass is 528 g/mol. The van der Waals surface area contributed by atoms with Crippen molar-refractivity contribution in [2.75, 3.05) is 18.1 Å². The van der Waals surface area contributed by atoms with E-state index in [2.05, 4.69) is 15.5 Å². The number of pyridine rings is 1. The SMILES string of the molecule is CCON=C(C(=O)N[C@@H]1C(=O)N2C(C(=O)O)=C(C[n+]3ccn4ccccc43)CS[C@@H]12)c1csc(N)n1. The molecule has 0 aromatic carbocycles. The molecule has 12 nitrogen and oxygen atoms in total. The van der Waals surface area contributed by atoms with Gasteiger partial charge in [-0.1, -0.05) is 11.2 Å². The van der Waals surface area contributed by atoms with Gasteiger partial charge in [-0.3, -0.25) is 14.5 Å². The van der Waals surface area contributed by atoms with Gasteiger partial charge in [0.25, 0.3) is 17.5 Å². The molecule has 14 heteroatoms. The summed E-state index contributed by atoms with van der Waals surface area (Å²) in [6.45, 7) is 2.27. The molecule has 36 heavy (non-hydrogen) atoms. The van der Waals surface area contributed by atoms with E-state index in [1.807, 2.05) is 45.8 Å². The number of carboxylic acids is 1. The molecule has 186 valence electrons. The summed E-state index contributed by atoms with van der Waals surface area (Å²) in [5.41, 5.74) is 7.26. The number of aromatic nitrogens is 3. The molecule has 0 saturated carbocycles. The van der Waals surface area contributed by atoms with Crippen LogP contribution in [-0.2, 0) is 25.8 Å². The van der Waals surface area contributed by atoms with Crippen LogP contribution in [-0.4, -0.2) is 66.7 Å². The molecular formula is C22H22N7O5S2+. The highest BCUT2D eigenvalue weighted by Crippen LogP contribution is 2.40. The number of carboxylic acid groups (broad SMARTS) is 1. The van der Waals surface area contributed by atoms with E-state index >= 15 is 0 Å². The number of carbonyl (C=O) groups is 3. The number of oxime groups is 1. The number of carbonyl (C=O) groups excluding carboxylic acids is 2. The molecule has 0 bridgehead atoms. The number of nitrogens with zero attached hydrogens (tertiary/aromatic N) is 5. The molecule has 5 rings (SSSR count). The minimum absolute atomic E-state index is 0.0486. The number of rotatable bonds is 8. The lowest BCUT2D eigenvalue weighted by molar-refractivity contribution is -0.662. The van der Waals surface area contributed by atoms with Crippen molar-refractivity contribution in [2.24, 2.45) is 5.16 Å². The summed E-state index contributed by atoms with van der Waals surface area (Å²) in [4.78, 5) is 48.6. The number of nitrogens with two attached hydrogens (primary N) is 1. The molecule has 5 heterocycles. The first kappa shape index (κ1) is 23.8. The van der Waals surface area contributed by atoms with Crippen LogP contribution in [0.25, 0.3) is 5.65 Å². The molecule has 3 aromatic heterocycles. The highest BCUT2D eigenvalue weighted by Gasteiger charge is 2.54. The quantitative estimate of drug-likeness (QED) is 0.165. The van der Waals surface area contributed by atoms with Gasteiger partial charge in [0.2, 0.25) is 0 Å². The van der Waals surface area contributed by atoms with Crippen LogP contribution < -0.4 is 15.6 Å². The van der Waals surface area contributed by atoms with E-state index in [0.29, 0.717) is 17.9 Å². The van der Waals surface area contributed by atoms with Gasteiger partial charge in [0.05, 0.1) is 6.20 Å². The maximum absolute atomic E-state index is 13.1. The smallest absolute Gasteiger partial charge is 0.352 e. The molecule has 2 amide bonds. The molecule has 0 unspecified atom stereocenters. The van der Waals surface area contributed by atoms with Crippen molar-refractivity contribution in [3.8, 4) is 0 Å². The fourth-order valence-corrected chi connectivity index (χ4v) is 6.01. The number of thiazole rings is 1. The van der Waals surface area contributed by atoms with E-state index < -0.39 is 29.2 Å². The van der Waals surface area contributed by atoms with Gasteiger partial charge in [-0.05, 0) is 13.0 Å². The molecule has 1 saturated heterocycles. The van der Waals surface area contributed by atoms with Crippen LogP contribution in [0.2, 0.25) is 0 Å². The standard InChI is InChI=1S/C22H21N7O5S2/c1-2-34-26-15(13-11-36-22(23)24-13)18(30)25-16-19(31)29-17(21(32)33)12(10-35-20(16)29)9-28-8-7-27-6-4-3-5-14(27)28/h3-8,11,16,20H,2,9-10H2,1H3,(H3-,23,24,25,30,32,33)/p+1/t16-,20+/m1/s1. The van der Waals surface area contributed by atoms with Crippen LogP contribution in [0.4, 0.5) is 5.13 Å². The van der Waals surface area contributed by atoms with Crippen LogP contribution >= 0.6 is 23.1 Å². The Kier molecular flexibility index (Phi) is 6.36. The molecule has 2 aliphatic rings. The number of fused-ring (bicyclic) bond motifs is 2. The molecule has 0 spiro atoms. The normalized spacial score (nSPS) is 19.8. The summed E-state index contributed by atoms with van der Waals surface area (Å²) >= 11 is 2.54. The summed E-state index contributed by atoms with van der Waals surface area (Å²) in [5.74, 6) is -1.96. The van der Waals surface area contributed by atoms with Crippen LogP contribution in [0, 0.1) is 0 Å². The summed E-state index contributed by atoms with van der Waals surface area (Å²) in [7, 11) is 0. The molecule has 1 fully saturated rings. The molecular weight excluding hydrogens is 506 g/mol. The Balaban J connectivity index is 1.37. The first-order valence-electron chi connectivity index (χ1n) is 11.0. The predicted octanol–water partition coefficient (Wildman–Crippen LogP) is 0.445. The van der Waals surface area contributed by atoms with Crippen molar-refractivity contribution in [2.45, 2.75) is 24.9 Å². The third-order valence-corrected chi connectivity index (χ3v) is 7.74. The number of aliphatic carboxylic acids is 1. The largest absolute Gasteiger partial charge is 0.477 e. The van der Waals surface area contributed by atoms with Crippen molar-refractivity contribution in [1.82, 2.24) is 19.6 Å². The molecule has 2 aliphatic heterocycles. The number of anilines is 1. The Morgan fingerprint density at radius 3 is 2.94 bits per heavy atom. The van der Waals surface area contributed by atoms with E-state index in [1.54, 1.807) is 12.3 Å². The van der Waals surface area contributed by atoms with Crippen LogP contribution in [0.1, 0.15) is 12.6 Å². The Morgan fingerprint density at radius 1 is 1.39 bits per heavy atom. The van der Waals surface area contributed by atoms with Gasteiger partial charge < -0.3 is 21.0 Å². The molecule has 0 aliphatic carbocycles. The van der Waals surface area contributed by atoms with Gasteiger partial charge >= 0.3 is 5.97 Å². The lowest BCUT2D eigenvalue weighted by atomic mass is 10.0. The number of nitrogens with one attached hydrogen (secondary N) is 1. The summed E-state index contributed by atoms with van der Waals surface area (Å²) in [6.07, 6.45) is 5.65. The third kappa shape index (κ3) is 4.18. The lowest BCUT2D eigenvalue weighted by Gasteiger charge is -2.49. The number of amides is 2. The van der Waals surface area contributed by atoms with Crippen LogP contribution in [0.15, 0.2) is 58.6 Å². The summed E-state index contributed by atoms with van der Waals surface area (Å²) < 4.78 is 3.86. The second kappa shape index (κ2) is 9.62. The van der Waals surface area contributed by atoms with Crippen molar-refractivity contribution in [1.29, 1.82) is 0 Å². The maximum Gasteiger partial charge on any atom is 0.352 e. The average molecular weight is 529 g/mol. The lowest BCUT2D eigenvalue weighted by Crippen LogP contribution is -2.71. The molecule has 3 aromatic rings. The van der Waals surface area contributed by atoms with Crippen molar-refractivity contribution in [3.63, 3.8) is 0 Å². The van der Waals surface area contributed by atoms with Crippen LogP contribution in [0.3, 0.4) is 0 Å². The number of hydrogen-bond acceptors (Lipinski definition) is 9. The fourth-order valence-electron chi connectivity index (χ4n) is 4.13. The molecule has 2 atom stereocenters. The van der Waals surface area contributed by atoms with E-state index in [4.69, 9.17) is 10.6 Å². The van der Waals surface area contributed by atoms with Crippen LogP contribution in [0.5, 0.6) is 0 Å². The topological polar surface area (TPSA) is 156 Å². The number of hydrogen-bond donors (Lipinski definition) is 3. The minimum atomic E-state index is -1.19. The predicted molar refractivity (Wildman–Crippen MR) is 132 cm³/mol. The van der Waals surface area contributed by atoms with Gasteiger partial charge in [0, 0.05) is 22.8 Å². The number of nitrogen functional groups attached to an aromatic ring is 1. The van der Waals surface area contributed by atoms with Crippen molar-refractivity contribution in [3.05, 3.63) is 59.1 Å². The van der Waals surface area contributed by atoms with Gasteiger partial charge in [-0.2, -0.15) is 0 Å².